The van der Waals surface area contributed by atoms with Crippen LogP contribution in [0.4, 0.5) is 0 Å². The average Bonchev–Trinajstić information content (AvgIpc) is 2.97. The number of carbonyl (C=O) groups is 1. The van der Waals surface area contributed by atoms with Gasteiger partial charge in [-0.1, -0.05) is 18.2 Å². The first kappa shape index (κ1) is 7.50. The van der Waals surface area contributed by atoms with Crippen molar-refractivity contribution in [3.63, 3.8) is 0 Å². The fraction of sp³-hybridized carbons (Fsp3) is 0.0909. The number of aromatic nitrogens is 1. The van der Waals surface area contributed by atoms with Gasteiger partial charge in [0.25, 0.3) is 0 Å². The topological polar surface area (TPSA) is 45.2 Å². The lowest BCUT2D eigenvalue weighted by atomic mass is 10.1. The molecule has 14 heavy (non-hydrogen) atoms. The van der Waals surface area contributed by atoms with Crippen molar-refractivity contribution in [2.24, 2.45) is 4.99 Å². The Balaban J connectivity index is 2.16. The number of aromatic amines is 1. The highest BCUT2D eigenvalue weighted by Crippen LogP contribution is 2.21. The Hall–Kier alpha value is -1.90. The second-order valence-electron chi connectivity index (χ2n) is 3.36. The van der Waals surface area contributed by atoms with Gasteiger partial charge >= 0.3 is 0 Å². The maximum atomic E-state index is 11.7. The monoisotopic (exact) mass is 184 g/mol. The van der Waals surface area contributed by atoms with Crippen molar-refractivity contribution in [3.8, 4) is 0 Å². The molecule has 0 bridgehead atoms. The molecule has 0 fully saturated rings. The number of Topliss-reactive ketones (excluding diaryl/α,β-unsaturated/α-hetero) is 1. The van der Waals surface area contributed by atoms with E-state index in [9.17, 15) is 4.79 Å². The highest BCUT2D eigenvalue weighted by Gasteiger charge is 2.26. The van der Waals surface area contributed by atoms with Gasteiger partial charge in [0, 0.05) is 28.9 Å². The molecule has 68 valence electrons. The largest absolute Gasteiger partial charge is 0.360 e. The minimum Gasteiger partial charge on any atom is -0.360 e. The number of fused-ring (bicyclic) bond motifs is 1. The zero-order valence-corrected chi connectivity index (χ0v) is 7.40. The molecule has 1 aromatic carbocycles. The summed E-state index contributed by atoms with van der Waals surface area (Å²) in [6.07, 6.45) is 3.43. The van der Waals surface area contributed by atoms with Crippen molar-refractivity contribution in [2.45, 2.75) is 6.04 Å². The molecule has 1 aliphatic heterocycles. The Morgan fingerprint density at radius 1 is 1.36 bits per heavy atom. The molecule has 2 aromatic rings. The van der Waals surface area contributed by atoms with Gasteiger partial charge in [-0.3, -0.25) is 9.79 Å². The van der Waals surface area contributed by atoms with Crippen LogP contribution in [0.5, 0.6) is 0 Å². The quantitative estimate of drug-likeness (QED) is 0.711. The number of hydrogen-bond donors (Lipinski definition) is 1. The number of para-hydroxylation sites is 1. The van der Waals surface area contributed by atoms with E-state index in [2.05, 4.69) is 9.98 Å². The van der Waals surface area contributed by atoms with Gasteiger partial charge in [-0.05, 0) is 6.07 Å². The number of aliphatic imine (C=N–C) groups is 1. The standard InChI is InChI=1S/C11H8N2O/c14-11(10-6-13-10)8-5-12-9-4-2-1-3-7(8)9/h1-6,10,12H/t10-/m0/s1. The second kappa shape index (κ2) is 2.54. The third-order valence-electron chi connectivity index (χ3n) is 2.42. The van der Waals surface area contributed by atoms with Gasteiger partial charge < -0.3 is 4.98 Å². The summed E-state index contributed by atoms with van der Waals surface area (Å²) in [6.45, 7) is 0. The lowest BCUT2D eigenvalue weighted by Crippen LogP contribution is -2.07. The molecule has 0 saturated carbocycles. The molecule has 2 heterocycles. The SMILES string of the molecule is O=C(c1c[nH]c2ccccc12)[C@@H]1C=N1. The third-order valence-corrected chi connectivity index (χ3v) is 2.42. The molecule has 1 aromatic heterocycles. The van der Waals surface area contributed by atoms with Crippen molar-refractivity contribution in [3.05, 3.63) is 36.0 Å². The van der Waals surface area contributed by atoms with E-state index < -0.39 is 0 Å². The van der Waals surface area contributed by atoms with Crippen LogP contribution in [0, 0.1) is 0 Å². The fourth-order valence-electron chi connectivity index (χ4n) is 1.61. The van der Waals surface area contributed by atoms with E-state index in [0.29, 0.717) is 0 Å². The normalized spacial score (nSPS) is 18.7. The van der Waals surface area contributed by atoms with E-state index in [4.69, 9.17) is 0 Å². The number of nitrogens with one attached hydrogen (secondary N) is 1. The maximum absolute atomic E-state index is 11.7. The highest BCUT2D eigenvalue weighted by molar-refractivity contribution is 6.20. The fourth-order valence-corrected chi connectivity index (χ4v) is 1.61. The maximum Gasteiger partial charge on any atom is 0.194 e. The van der Waals surface area contributed by atoms with Crippen molar-refractivity contribution in [1.82, 2.24) is 4.98 Å². The lowest BCUT2D eigenvalue weighted by Gasteiger charge is -1.94. The first-order chi connectivity index (χ1) is 6.86. The molecular formula is C11H8N2O. The number of carbonyl (C=O) groups excluding carboxylic acids is 1. The predicted octanol–water partition coefficient (Wildman–Crippen LogP) is 1.80. The molecular weight excluding hydrogens is 176 g/mol. The highest BCUT2D eigenvalue weighted by atomic mass is 16.1. The van der Waals surface area contributed by atoms with Crippen LogP contribution in [-0.2, 0) is 0 Å². The molecule has 0 saturated heterocycles. The van der Waals surface area contributed by atoms with E-state index in [0.717, 1.165) is 16.5 Å². The number of ketones is 1. The molecule has 3 heteroatoms. The molecule has 1 atom stereocenters. The number of benzene rings is 1. The minimum atomic E-state index is -0.200. The summed E-state index contributed by atoms with van der Waals surface area (Å²) in [4.78, 5) is 18.7. The molecule has 0 unspecified atom stereocenters. The van der Waals surface area contributed by atoms with Crippen molar-refractivity contribution >= 4 is 22.9 Å². The van der Waals surface area contributed by atoms with Crippen LogP contribution in [-0.4, -0.2) is 23.0 Å². The minimum absolute atomic E-state index is 0.0856. The Morgan fingerprint density at radius 3 is 2.93 bits per heavy atom. The summed E-state index contributed by atoms with van der Waals surface area (Å²) < 4.78 is 0. The molecule has 3 rings (SSSR count). The molecule has 3 nitrogen and oxygen atoms in total. The zero-order valence-electron chi connectivity index (χ0n) is 7.40. The van der Waals surface area contributed by atoms with Crippen LogP contribution < -0.4 is 0 Å². The molecule has 0 spiro atoms. The van der Waals surface area contributed by atoms with Gasteiger partial charge in [-0.2, -0.15) is 0 Å². The van der Waals surface area contributed by atoms with E-state index in [1.54, 1.807) is 12.4 Å². The summed E-state index contributed by atoms with van der Waals surface area (Å²) in [7, 11) is 0. The van der Waals surface area contributed by atoms with Gasteiger partial charge in [-0.25, -0.2) is 0 Å². The van der Waals surface area contributed by atoms with Gasteiger partial charge in [0.2, 0.25) is 0 Å². The summed E-state index contributed by atoms with van der Waals surface area (Å²) in [5.41, 5.74) is 1.74. The zero-order chi connectivity index (χ0) is 9.54. The smallest absolute Gasteiger partial charge is 0.194 e. The van der Waals surface area contributed by atoms with Crippen LogP contribution in [0.1, 0.15) is 10.4 Å². The predicted molar refractivity (Wildman–Crippen MR) is 54.9 cm³/mol. The van der Waals surface area contributed by atoms with Crippen LogP contribution in [0.3, 0.4) is 0 Å². The van der Waals surface area contributed by atoms with E-state index in [-0.39, 0.29) is 11.8 Å². The van der Waals surface area contributed by atoms with Gasteiger partial charge in [-0.15, -0.1) is 0 Å². The third kappa shape index (κ3) is 0.988. The van der Waals surface area contributed by atoms with E-state index >= 15 is 0 Å². The number of hydrogen-bond acceptors (Lipinski definition) is 2. The lowest BCUT2D eigenvalue weighted by molar-refractivity contribution is 0.0997. The number of rotatable bonds is 2. The number of nitrogens with zero attached hydrogens (tertiary/aromatic N) is 1. The molecule has 0 radical (unpaired) electrons. The van der Waals surface area contributed by atoms with Crippen molar-refractivity contribution in [1.29, 1.82) is 0 Å². The average molecular weight is 184 g/mol. The van der Waals surface area contributed by atoms with E-state index in [1.165, 1.54) is 0 Å². The molecule has 0 amide bonds. The first-order valence-corrected chi connectivity index (χ1v) is 4.50. The van der Waals surface area contributed by atoms with E-state index in [1.807, 2.05) is 24.3 Å². The molecule has 1 aliphatic rings. The van der Waals surface area contributed by atoms with Crippen molar-refractivity contribution < 1.29 is 4.79 Å². The Morgan fingerprint density at radius 2 is 2.14 bits per heavy atom. The first-order valence-electron chi connectivity index (χ1n) is 4.50. The van der Waals surface area contributed by atoms with Gasteiger partial charge in [0.15, 0.2) is 5.78 Å². The summed E-state index contributed by atoms with van der Waals surface area (Å²) in [5, 5.41) is 0.980. The summed E-state index contributed by atoms with van der Waals surface area (Å²) in [5.74, 6) is 0.0856. The van der Waals surface area contributed by atoms with Crippen LogP contribution in [0.15, 0.2) is 35.5 Å². The Kier molecular flexibility index (Phi) is 1.36. The second-order valence-corrected chi connectivity index (χ2v) is 3.36. The number of H-pyrrole nitrogens is 1. The molecule has 1 N–H and O–H groups in total. The summed E-state index contributed by atoms with van der Waals surface area (Å²) >= 11 is 0. The van der Waals surface area contributed by atoms with Crippen LogP contribution in [0.25, 0.3) is 10.9 Å². The van der Waals surface area contributed by atoms with Crippen molar-refractivity contribution in [2.75, 3.05) is 0 Å². The van der Waals surface area contributed by atoms with Gasteiger partial charge in [0.05, 0.1) is 0 Å². The summed E-state index contributed by atoms with van der Waals surface area (Å²) in [6, 6.07) is 7.58. The Labute approximate surface area is 80.5 Å². The Bertz CT molecular complexity index is 533. The van der Waals surface area contributed by atoms with Crippen LogP contribution in [0.2, 0.25) is 0 Å². The van der Waals surface area contributed by atoms with Gasteiger partial charge in [0.1, 0.15) is 6.04 Å². The van der Waals surface area contributed by atoms with Crippen LogP contribution >= 0.6 is 0 Å². The molecule has 0 aliphatic carbocycles.